The van der Waals surface area contributed by atoms with Gasteiger partial charge in [-0.3, -0.25) is 4.40 Å². The van der Waals surface area contributed by atoms with Crippen molar-refractivity contribution < 1.29 is 4.74 Å². The average Bonchev–Trinajstić information content (AvgIpc) is 2.90. The van der Waals surface area contributed by atoms with Crippen molar-refractivity contribution in [2.45, 2.75) is 26.3 Å². The fourth-order valence-corrected chi connectivity index (χ4v) is 3.11. The summed E-state index contributed by atoms with van der Waals surface area (Å²) in [6, 6.07) is 0. The molecular weight excluding hydrogens is 246 g/mol. The van der Waals surface area contributed by atoms with Crippen LogP contribution in [0.1, 0.15) is 25.5 Å². The second-order valence-electron chi connectivity index (χ2n) is 5.35. The molecule has 1 aliphatic heterocycles. The van der Waals surface area contributed by atoms with Crippen LogP contribution in [0.25, 0.3) is 4.96 Å². The standard InChI is InChI=1S/C13H19N3OS/c1-13(2-5-17-6-3-13)10-14-8-11-9-16-4-7-18-12(16)15-11/h4,7,9,14H,2-3,5-6,8,10H2,1H3. The first-order valence-corrected chi connectivity index (χ1v) is 7.33. The molecule has 18 heavy (non-hydrogen) atoms. The molecule has 3 rings (SSSR count). The van der Waals surface area contributed by atoms with Gasteiger partial charge in [0.1, 0.15) is 0 Å². The number of nitrogens with zero attached hydrogens (tertiary/aromatic N) is 2. The number of thiazole rings is 1. The first-order valence-electron chi connectivity index (χ1n) is 6.45. The highest BCUT2D eigenvalue weighted by molar-refractivity contribution is 7.15. The van der Waals surface area contributed by atoms with Crippen LogP contribution in [0, 0.1) is 5.41 Å². The van der Waals surface area contributed by atoms with E-state index in [0.717, 1.165) is 49.8 Å². The number of rotatable bonds is 4. The Hall–Kier alpha value is -0.910. The maximum atomic E-state index is 5.42. The van der Waals surface area contributed by atoms with Crippen LogP contribution < -0.4 is 5.32 Å². The van der Waals surface area contributed by atoms with E-state index in [0.29, 0.717) is 5.41 Å². The second kappa shape index (κ2) is 4.99. The van der Waals surface area contributed by atoms with Gasteiger partial charge in [-0.1, -0.05) is 6.92 Å². The Bertz CT molecular complexity index is 485. The van der Waals surface area contributed by atoms with E-state index >= 15 is 0 Å². The smallest absolute Gasteiger partial charge is 0.193 e. The summed E-state index contributed by atoms with van der Waals surface area (Å²) in [7, 11) is 0. The van der Waals surface area contributed by atoms with Crippen molar-refractivity contribution in [3.05, 3.63) is 23.5 Å². The van der Waals surface area contributed by atoms with E-state index in [4.69, 9.17) is 4.74 Å². The van der Waals surface area contributed by atoms with E-state index in [1.54, 1.807) is 11.3 Å². The molecule has 1 fully saturated rings. The highest BCUT2D eigenvalue weighted by Gasteiger charge is 2.26. The van der Waals surface area contributed by atoms with Crippen molar-refractivity contribution in [1.82, 2.24) is 14.7 Å². The number of aromatic nitrogens is 2. The maximum Gasteiger partial charge on any atom is 0.193 e. The Kier molecular flexibility index (Phi) is 3.37. The third-order valence-corrected chi connectivity index (χ3v) is 4.47. The number of ether oxygens (including phenoxy) is 1. The summed E-state index contributed by atoms with van der Waals surface area (Å²) in [6.07, 6.45) is 6.46. The maximum absolute atomic E-state index is 5.42. The van der Waals surface area contributed by atoms with Crippen molar-refractivity contribution in [1.29, 1.82) is 0 Å². The third kappa shape index (κ3) is 2.58. The summed E-state index contributed by atoms with van der Waals surface area (Å²) in [5.74, 6) is 0. The van der Waals surface area contributed by atoms with Crippen LogP contribution in [0.15, 0.2) is 17.8 Å². The van der Waals surface area contributed by atoms with Crippen LogP contribution >= 0.6 is 11.3 Å². The van der Waals surface area contributed by atoms with E-state index in [1.165, 1.54) is 0 Å². The molecule has 0 aliphatic carbocycles. The quantitative estimate of drug-likeness (QED) is 0.922. The lowest BCUT2D eigenvalue weighted by Gasteiger charge is -2.33. The molecule has 0 atom stereocenters. The normalized spacial score (nSPS) is 19.4. The highest BCUT2D eigenvalue weighted by Crippen LogP contribution is 2.28. The lowest BCUT2D eigenvalue weighted by atomic mass is 9.82. The minimum Gasteiger partial charge on any atom is -0.381 e. The Labute approximate surface area is 111 Å². The van der Waals surface area contributed by atoms with Crippen molar-refractivity contribution in [2.24, 2.45) is 5.41 Å². The fraction of sp³-hybridized carbons (Fsp3) is 0.615. The summed E-state index contributed by atoms with van der Waals surface area (Å²) in [4.78, 5) is 5.65. The molecule has 1 saturated heterocycles. The largest absolute Gasteiger partial charge is 0.381 e. The summed E-state index contributed by atoms with van der Waals surface area (Å²) in [5.41, 5.74) is 1.51. The molecule has 0 aromatic carbocycles. The van der Waals surface area contributed by atoms with Crippen LogP contribution in [-0.2, 0) is 11.3 Å². The van der Waals surface area contributed by atoms with Gasteiger partial charge in [-0.2, -0.15) is 0 Å². The van der Waals surface area contributed by atoms with Crippen molar-refractivity contribution in [3.63, 3.8) is 0 Å². The first-order chi connectivity index (χ1) is 8.75. The minimum atomic E-state index is 0.384. The molecular formula is C13H19N3OS. The van der Waals surface area contributed by atoms with Gasteiger partial charge in [0.25, 0.3) is 0 Å². The first kappa shape index (κ1) is 12.1. The molecule has 3 heterocycles. The molecule has 0 radical (unpaired) electrons. The highest BCUT2D eigenvalue weighted by atomic mass is 32.1. The minimum absolute atomic E-state index is 0.384. The number of hydrogen-bond donors (Lipinski definition) is 1. The van der Waals surface area contributed by atoms with Gasteiger partial charge < -0.3 is 10.1 Å². The zero-order valence-corrected chi connectivity index (χ0v) is 11.5. The molecule has 0 amide bonds. The van der Waals surface area contributed by atoms with Gasteiger partial charge in [-0.25, -0.2) is 4.98 Å². The fourth-order valence-electron chi connectivity index (χ4n) is 2.39. The summed E-state index contributed by atoms with van der Waals surface area (Å²) < 4.78 is 7.50. The average molecular weight is 265 g/mol. The number of nitrogens with one attached hydrogen (secondary N) is 1. The monoisotopic (exact) mass is 265 g/mol. The molecule has 5 heteroatoms. The number of hydrogen-bond acceptors (Lipinski definition) is 4. The van der Waals surface area contributed by atoms with Crippen molar-refractivity contribution in [2.75, 3.05) is 19.8 Å². The van der Waals surface area contributed by atoms with E-state index in [2.05, 4.69) is 39.4 Å². The topological polar surface area (TPSA) is 38.6 Å². The lowest BCUT2D eigenvalue weighted by molar-refractivity contribution is 0.0240. The van der Waals surface area contributed by atoms with Gasteiger partial charge in [0.05, 0.1) is 5.69 Å². The second-order valence-corrected chi connectivity index (χ2v) is 6.22. The summed E-state index contributed by atoms with van der Waals surface area (Å²) in [6.45, 7) is 6.04. The van der Waals surface area contributed by atoms with Gasteiger partial charge >= 0.3 is 0 Å². The molecule has 2 aromatic rings. The van der Waals surface area contributed by atoms with E-state index < -0.39 is 0 Å². The van der Waals surface area contributed by atoms with Crippen molar-refractivity contribution >= 4 is 16.3 Å². The molecule has 4 nitrogen and oxygen atoms in total. The van der Waals surface area contributed by atoms with Crippen LogP contribution in [-0.4, -0.2) is 29.1 Å². The Morgan fingerprint density at radius 2 is 2.33 bits per heavy atom. The number of imidazole rings is 1. The Balaban J connectivity index is 1.53. The summed E-state index contributed by atoms with van der Waals surface area (Å²) >= 11 is 1.68. The zero-order chi connectivity index (χ0) is 12.4. The molecule has 0 bridgehead atoms. The molecule has 98 valence electrons. The molecule has 0 unspecified atom stereocenters. The lowest BCUT2D eigenvalue weighted by Crippen LogP contribution is -2.36. The molecule has 1 N–H and O–H groups in total. The third-order valence-electron chi connectivity index (χ3n) is 3.70. The zero-order valence-electron chi connectivity index (χ0n) is 10.7. The predicted molar refractivity (Wildman–Crippen MR) is 72.9 cm³/mol. The van der Waals surface area contributed by atoms with E-state index in [-0.39, 0.29) is 0 Å². The molecule has 0 spiro atoms. The van der Waals surface area contributed by atoms with Crippen LogP contribution in [0.5, 0.6) is 0 Å². The van der Waals surface area contributed by atoms with Gasteiger partial charge in [-0.05, 0) is 18.3 Å². The van der Waals surface area contributed by atoms with E-state index in [1.807, 2.05) is 0 Å². The van der Waals surface area contributed by atoms with Crippen LogP contribution in [0.4, 0.5) is 0 Å². The van der Waals surface area contributed by atoms with Crippen molar-refractivity contribution in [3.8, 4) is 0 Å². The van der Waals surface area contributed by atoms with Gasteiger partial charge in [0, 0.05) is 44.1 Å². The predicted octanol–water partition coefficient (Wildman–Crippen LogP) is 2.30. The molecule has 0 saturated carbocycles. The number of fused-ring (bicyclic) bond motifs is 1. The van der Waals surface area contributed by atoms with Crippen LogP contribution in [0.3, 0.4) is 0 Å². The Morgan fingerprint density at radius 3 is 3.11 bits per heavy atom. The summed E-state index contributed by atoms with van der Waals surface area (Å²) in [5, 5.41) is 5.59. The SMILES string of the molecule is CC1(CNCc2cn3ccsc3n2)CCOCC1. The van der Waals surface area contributed by atoms with Gasteiger partial charge in [0.2, 0.25) is 0 Å². The van der Waals surface area contributed by atoms with E-state index in [9.17, 15) is 0 Å². The molecule has 2 aromatic heterocycles. The van der Waals surface area contributed by atoms with Gasteiger partial charge in [-0.15, -0.1) is 11.3 Å². The van der Waals surface area contributed by atoms with Gasteiger partial charge in [0.15, 0.2) is 4.96 Å². The Morgan fingerprint density at radius 1 is 1.50 bits per heavy atom. The molecule has 1 aliphatic rings. The van der Waals surface area contributed by atoms with Crippen LogP contribution in [0.2, 0.25) is 0 Å².